The second-order valence-electron chi connectivity index (χ2n) is 5.48. The molecule has 0 aliphatic rings. The Morgan fingerprint density at radius 3 is 1.92 bits per heavy atom. The van der Waals surface area contributed by atoms with E-state index in [4.69, 9.17) is 0 Å². The quantitative estimate of drug-likeness (QED) is 0.335. The normalized spacial score (nSPS) is 10.2. The van der Waals surface area contributed by atoms with Crippen molar-refractivity contribution < 1.29 is 31.1 Å². The molecule has 0 saturated carbocycles. The molecule has 134 valence electrons. The van der Waals surface area contributed by atoms with Crippen LogP contribution in [0.2, 0.25) is 0 Å². The van der Waals surface area contributed by atoms with Gasteiger partial charge in [-0.15, -0.1) is 4.68 Å². The fraction of sp³-hybridized carbons (Fsp3) is 0.111. The zero-order valence-electron chi connectivity index (χ0n) is 13.5. The van der Waals surface area contributed by atoms with Gasteiger partial charge in [-0.05, 0) is 24.3 Å². The van der Waals surface area contributed by atoms with Crippen molar-refractivity contribution in [3.63, 3.8) is 0 Å². The second-order valence-corrected chi connectivity index (χ2v) is 7.31. The molecule has 0 aliphatic carbocycles. The molecule has 26 heavy (non-hydrogen) atoms. The van der Waals surface area contributed by atoms with Gasteiger partial charge in [0.15, 0.2) is 18.1 Å². The minimum atomic E-state index is -0.0398. The highest BCUT2D eigenvalue weighted by molar-refractivity contribution is 9.10. The summed E-state index contributed by atoms with van der Waals surface area (Å²) < 4.78 is 5.04. The van der Waals surface area contributed by atoms with Gasteiger partial charge in [0.05, 0.1) is 0 Å². The lowest BCUT2D eigenvalue weighted by Crippen LogP contribution is -3.00. The third-order valence-electron chi connectivity index (χ3n) is 3.59. The van der Waals surface area contributed by atoms with Crippen LogP contribution in [0.3, 0.4) is 0 Å². The third kappa shape index (κ3) is 5.43. The molecule has 0 aliphatic heterocycles. The molecule has 0 unspecified atom stereocenters. The largest absolute Gasteiger partial charge is 1.00 e. The predicted octanol–water partition coefficient (Wildman–Crippen LogP) is 0.465. The second kappa shape index (κ2) is 9.34. The molecule has 0 atom stereocenters. The first-order valence-electron chi connectivity index (χ1n) is 7.50. The maximum atomic E-state index is 12.3. The number of carbonyl (C=O) groups is 2. The average molecular weight is 544 g/mol. The molecule has 3 rings (SSSR count). The summed E-state index contributed by atoms with van der Waals surface area (Å²) in [4.78, 5) is 24.5. The lowest BCUT2D eigenvalue weighted by molar-refractivity contribution is -0.683. The molecule has 0 fully saturated rings. The van der Waals surface area contributed by atoms with Crippen LogP contribution in [0.5, 0.6) is 0 Å². The van der Waals surface area contributed by atoms with E-state index in [9.17, 15) is 9.59 Å². The van der Waals surface area contributed by atoms with Crippen LogP contribution in [0.25, 0.3) is 0 Å². The van der Waals surface area contributed by atoms with Crippen LogP contribution in [-0.4, -0.2) is 21.3 Å². The van der Waals surface area contributed by atoms with Gasteiger partial charge in [-0.1, -0.05) is 56.1 Å². The maximum absolute atomic E-state index is 12.3. The van der Waals surface area contributed by atoms with Gasteiger partial charge < -0.3 is 17.0 Å². The van der Waals surface area contributed by atoms with Crippen molar-refractivity contribution in [2.75, 3.05) is 0 Å². The number of nitrogens with zero attached hydrogens (tertiary/aromatic N) is 3. The van der Waals surface area contributed by atoms with Crippen LogP contribution >= 0.6 is 31.9 Å². The lowest BCUT2D eigenvalue weighted by Gasteiger charge is -1.99. The van der Waals surface area contributed by atoms with Gasteiger partial charge in [-0.3, -0.25) is 9.59 Å². The molecular formula is C18H14Br3N3O2. The summed E-state index contributed by atoms with van der Waals surface area (Å²) in [6.07, 6.45) is 3.21. The van der Waals surface area contributed by atoms with E-state index in [0.29, 0.717) is 11.1 Å². The Bertz CT molecular complexity index is 832. The summed E-state index contributed by atoms with van der Waals surface area (Å²) in [5.74, 6) is -0.0572. The molecule has 1 aromatic heterocycles. The molecule has 0 saturated heterocycles. The molecule has 5 nitrogen and oxygen atoms in total. The van der Waals surface area contributed by atoms with Crippen molar-refractivity contribution in [3.05, 3.63) is 81.3 Å². The SMILES string of the molecule is O=C(Cn1c[n+](CC(=O)c2ccc(Br)cc2)cn1)c1ccc(Br)cc1.[Br-]. The Morgan fingerprint density at radius 2 is 1.38 bits per heavy atom. The number of hydrogen-bond acceptors (Lipinski definition) is 3. The van der Waals surface area contributed by atoms with Crippen molar-refractivity contribution in [1.82, 2.24) is 9.78 Å². The Labute approximate surface area is 178 Å². The number of rotatable bonds is 6. The number of carbonyl (C=O) groups excluding carboxylic acids is 2. The first-order chi connectivity index (χ1) is 12.0. The third-order valence-corrected chi connectivity index (χ3v) is 4.65. The van der Waals surface area contributed by atoms with Crippen molar-refractivity contribution in [3.8, 4) is 0 Å². The Morgan fingerprint density at radius 1 is 0.885 bits per heavy atom. The van der Waals surface area contributed by atoms with Crippen LogP contribution in [0.15, 0.2) is 70.1 Å². The summed E-state index contributed by atoms with van der Waals surface area (Å²) in [6.45, 7) is 0.301. The van der Waals surface area contributed by atoms with Gasteiger partial charge in [-0.2, -0.15) is 0 Å². The monoisotopic (exact) mass is 541 g/mol. The van der Waals surface area contributed by atoms with Crippen LogP contribution in [-0.2, 0) is 13.1 Å². The fourth-order valence-corrected chi connectivity index (χ4v) is 2.82. The smallest absolute Gasteiger partial charge is 0.265 e. The van der Waals surface area contributed by atoms with Gasteiger partial charge in [0.2, 0.25) is 6.33 Å². The van der Waals surface area contributed by atoms with Gasteiger partial charge in [0, 0.05) is 25.2 Å². The maximum Gasteiger partial charge on any atom is 0.265 e. The van der Waals surface area contributed by atoms with E-state index in [1.165, 1.54) is 4.68 Å². The molecule has 2 aromatic carbocycles. The summed E-state index contributed by atoms with van der Waals surface area (Å²) >= 11 is 6.69. The highest BCUT2D eigenvalue weighted by Crippen LogP contribution is 2.12. The van der Waals surface area contributed by atoms with Crippen molar-refractivity contribution >= 4 is 43.4 Å². The molecule has 1 heterocycles. The fourth-order valence-electron chi connectivity index (χ4n) is 2.29. The van der Waals surface area contributed by atoms with Gasteiger partial charge in [0.1, 0.15) is 6.54 Å². The number of halogens is 3. The van der Waals surface area contributed by atoms with Gasteiger partial charge >= 0.3 is 0 Å². The molecule has 0 spiro atoms. The van der Waals surface area contributed by atoms with E-state index in [2.05, 4.69) is 37.0 Å². The molecule has 8 heteroatoms. The zero-order valence-corrected chi connectivity index (χ0v) is 18.2. The standard InChI is InChI=1S/C18H14Br2N3O2.BrH/c19-15-5-1-13(2-6-15)17(24)9-22-11-21-23(12-22)10-18(25)14-3-7-16(20)8-4-14;/h1-8,11-12H,9-10H2;1H/q+1;/p-1. The summed E-state index contributed by atoms with van der Waals surface area (Å²) in [7, 11) is 0. The van der Waals surface area contributed by atoms with Gasteiger partial charge in [0.25, 0.3) is 6.33 Å². The predicted molar refractivity (Wildman–Crippen MR) is 99.4 cm³/mol. The van der Waals surface area contributed by atoms with E-state index >= 15 is 0 Å². The molecule has 0 amide bonds. The van der Waals surface area contributed by atoms with E-state index in [1.54, 1.807) is 41.5 Å². The summed E-state index contributed by atoms with van der Waals surface area (Å²) in [5.41, 5.74) is 1.26. The number of hydrogen-bond donors (Lipinski definition) is 0. The molecule has 0 N–H and O–H groups in total. The first-order valence-corrected chi connectivity index (χ1v) is 9.09. The topological polar surface area (TPSA) is 55.8 Å². The number of benzene rings is 2. The van der Waals surface area contributed by atoms with E-state index in [-0.39, 0.29) is 41.6 Å². The summed E-state index contributed by atoms with van der Waals surface area (Å²) in [5, 5.41) is 4.15. The molecule has 3 aromatic rings. The zero-order chi connectivity index (χ0) is 17.8. The highest BCUT2D eigenvalue weighted by Gasteiger charge is 2.15. The Balaban J connectivity index is 0.00000243. The van der Waals surface area contributed by atoms with Gasteiger partial charge in [-0.25, -0.2) is 4.57 Å². The molecular weight excluding hydrogens is 530 g/mol. The average Bonchev–Trinajstić information content (AvgIpc) is 3.02. The van der Waals surface area contributed by atoms with Crippen molar-refractivity contribution in [2.45, 2.75) is 13.1 Å². The molecule has 0 radical (unpaired) electrons. The Hall–Kier alpha value is -1.64. The van der Waals surface area contributed by atoms with E-state index < -0.39 is 0 Å². The first kappa shape index (κ1) is 20.7. The van der Waals surface area contributed by atoms with Crippen LogP contribution in [0, 0.1) is 0 Å². The van der Waals surface area contributed by atoms with E-state index in [0.717, 1.165) is 8.95 Å². The molecule has 0 bridgehead atoms. The number of aromatic nitrogens is 3. The van der Waals surface area contributed by atoms with Crippen LogP contribution in [0.4, 0.5) is 0 Å². The van der Waals surface area contributed by atoms with Crippen molar-refractivity contribution in [1.29, 1.82) is 0 Å². The Kier molecular flexibility index (Phi) is 7.43. The number of Topliss-reactive ketones (excluding diaryl/α,β-unsaturated/α-hetero) is 2. The minimum absolute atomic E-state index is 0. The lowest BCUT2D eigenvalue weighted by atomic mass is 10.1. The summed E-state index contributed by atoms with van der Waals surface area (Å²) in [6, 6.07) is 14.4. The minimum Gasteiger partial charge on any atom is -1.00 e. The van der Waals surface area contributed by atoms with Crippen molar-refractivity contribution in [2.24, 2.45) is 0 Å². The van der Waals surface area contributed by atoms with Crippen LogP contribution < -0.4 is 21.5 Å². The van der Waals surface area contributed by atoms with E-state index in [1.807, 2.05) is 24.3 Å². The van der Waals surface area contributed by atoms with Crippen LogP contribution in [0.1, 0.15) is 20.7 Å². The highest BCUT2D eigenvalue weighted by atomic mass is 79.9. The number of ketones is 2.